The summed E-state index contributed by atoms with van der Waals surface area (Å²) in [4.78, 5) is 18.0. The molecule has 158 valence electrons. The highest BCUT2D eigenvalue weighted by Gasteiger charge is 2.09. The second-order valence-corrected chi connectivity index (χ2v) is 7.07. The maximum Gasteiger partial charge on any atom is 0.241 e. The van der Waals surface area contributed by atoms with Gasteiger partial charge in [-0.15, -0.1) is 24.0 Å². The van der Waals surface area contributed by atoms with Crippen molar-refractivity contribution >= 4 is 35.8 Å². The predicted molar refractivity (Wildman–Crippen MR) is 128 cm³/mol. The number of amides is 1. The molecule has 1 aromatic rings. The third-order valence-corrected chi connectivity index (χ3v) is 4.00. The van der Waals surface area contributed by atoms with E-state index in [1.54, 1.807) is 19.0 Å². The van der Waals surface area contributed by atoms with Crippen molar-refractivity contribution in [2.45, 2.75) is 46.8 Å². The quantitative estimate of drug-likeness (QED) is 0.235. The second kappa shape index (κ2) is 13.4. The lowest BCUT2D eigenvalue weighted by molar-refractivity contribution is -0.127. The summed E-state index contributed by atoms with van der Waals surface area (Å²) in [5.74, 6) is 1.41. The van der Waals surface area contributed by atoms with Crippen molar-refractivity contribution in [1.82, 2.24) is 15.5 Å². The van der Waals surface area contributed by atoms with Gasteiger partial charge in [0.1, 0.15) is 5.75 Å². The Kier molecular flexibility index (Phi) is 12.6. The molecule has 28 heavy (non-hydrogen) atoms. The number of hydrogen-bond acceptors (Lipinski definition) is 3. The van der Waals surface area contributed by atoms with Crippen LogP contribution in [-0.4, -0.2) is 50.1 Å². The molecule has 0 aliphatic rings. The SMILES string of the molecule is C=C(C)CNC(=NCc1ccc(C)cc1OC(C)CC)NCC(=O)N(C)C.I. The topological polar surface area (TPSA) is 66.0 Å². The number of carbonyl (C=O) groups is 1. The second-order valence-electron chi connectivity index (χ2n) is 7.07. The summed E-state index contributed by atoms with van der Waals surface area (Å²) in [5, 5.41) is 6.27. The van der Waals surface area contributed by atoms with Gasteiger partial charge in [0.2, 0.25) is 5.91 Å². The molecular weight excluding hydrogens is 467 g/mol. The fourth-order valence-corrected chi connectivity index (χ4v) is 2.09. The first-order valence-electron chi connectivity index (χ1n) is 9.35. The van der Waals surface area contributed by atoms with Crippen molar-refractivity contribution in [3.05, 3.63) is 41.5 Å². The summed E-state index contributed by atoms with van der Waals surface area (Å²) >= 11 is 0. The number of benzene rings is 1. The number of aliphatic imine (C=N–C) groups is 1. The van der Waals surface area contributed by atoms with E-state index in [-0.39, 0.29) is 42.5 Å². The summed E-state index contributed by atoms with van der Waals surface area (Å²) in [6.45, 7) is 13.3. The Balaban J connectivity index is 0.00000729. The molecule has 0 aromatic heterocycles. The Bertz CT molecular complexity index is 674. The Hall–Kier alpha value is -1.77. The minimum Gasteiger partial charge on any atom is -0.490 e. The number of guanidine groups is 1. The molecule has 1 rings (SSSR count). The van der Waals surface area contributed by atoms with Gasteiger partial charge in [-0.25, -0.2) is 4.99 Å². The first-order valence-corrected chi connectivity index (χ1v) is 9.35. The first-order chi connectivity index (χ1) is 12.7. The highest BCUT2D eigenvalue weighted by molar-refractivity contribution is 14.0. The predicted octanol–water partition coefficient (Wildman–Crippen LogP) is 3.49. The van der Waals surface area contributed by atoms with Crippen molar-refractivity contribution in [3.8, 4) is 5.75 Å². The molecule has 0 spiro atoms. The number of hydrogen-bond donors (Lipinski definition) is 2. The minimum atomic E-state index is -0.0176. The fraction of sp³-hybridized carbons (Fsp3) is 0.524. The number of carbonyl (C=O) groups excluding carboxylic acids is 1. The van der Waals surface area contributed by atoms with Gasteiger partial charge in [-0.05, 0) is 38.8 Å². The molecular formula is C21H35IN4O2. The number of nitrogens with zero attached hydrogens (tertiary/aromatic N) is 2. The van der Waals surface area contributed by atoms with Crippen molar-refractivity contribution in [3.63, 3.8) is 0 Å². The highest BCUT2D eigenvalue weighted by atomic mass is 127. The highest BCUT2D eigenvalue weighted by Crippen LogP contribution is 2.23. The lowest BCUT2D eigenvalue weighted by Crippen LogP contribution is -2.43. The molecule has 1 aromatic carbocycles. The van der Waals surface area contributed by atoms with E-state index < -0.39 is 0 Å². The summed E-state index contributed by atoms with van der Waals surface area (Å²) < 4.78 is 6.05. The smallest absolute Gasteiger partial charge is 0.241 e. The molecule has 1 atom stereocenters. The van der Waals surface area contributed by atoms with Gasteiger partial charge in [-0.2, -0.15) is 0 Å². The van der Waals surface area contributed by atoms with Crippen LogP contribution in [0.4, 0.5) is 0 Å². The number of halogens is 1. The van der Waals surface area contributed by atoms with Crippen LogP contribution in [0, 0.1) is 6.92 Å². The molecule has 0 saturated carbocycles. The van der Waals surface area contributed by atoms with Gasteiger partial charge in [0.25, 0.3) is 0 Å². The molecule has 7 heteroatoms. The molecule has 0 aliphatic carbocycles. The number of ether oxygens (including phenoxy) is 1. The number of rotatable bonds is 9. The Morgan fingerprint density at radius 3 is 2.50 bits per heavy atom. The van der Waals surface area contributed by atoms with E-state index in [9.17, 15) is 4.79 Å². The van der Waals surface area contributed by atoms with Crippen LogP contribution in [0.3, 0.4) is 0 Å². The molecule has 2 N–H and O–H groups in total. The number of aryl methyl sites for hydroxylation is 1. The summed E-state index contributed by atoms with van der Waals surface area (Å²) in [5.41, 5.74) is 3.15. The number of likely N-dealkylation sites (N-methyl/N-ethyl adjacent to an activating group) is 1. The van der Waals surface area contributed by atoms with Gasteiger partial charge >= 0.3 is 0 Å². The third kappa shape index (κ3) is 9.96. The maximum atomic E-state index is 11.8. The zero-order valence-corrected chi connectivity index (χ0v) is 20.3. The van der Waals surface area contributed by atoms with E-state index in [2.05, 4.69) is 42.1 Å². The fourth-order valence-electron chi connectivity index (χ4n) is 2.09. The van der Waals surface area contributed by atoms with Gasteiger partial charge in [0, 0.05) is 26.2 Å². The van der Waals surface area contributed by atoms with Crippen LogP contribution in [0.2, 0.25) is 0 Å². The minimum absolute atomic E-state index is 0. The van der Waals surface area contributed by atoms with Gasteiger partial charge in [0.05, 0.1) is 19.2 Å². The summed E-state index contributed by atoms with van der Waals surface area (Å²) in [6.07, 6.45) is 1.09. The zero-order valence-electron chi connectivity index (χ0n) is 18.0. The van der Waals surface area contributed by atoms with Crippen molar-refractivity contribution in [1.29, 1.82) is 0 Å². The normalized spacial score (nSPS) is 11.9. The summed E-state index contributed by atoms with van der Waals surface area (Å²) in [6, 6.07) is 6.14. The van der Waals surface area contributed by atoms with Gasteiger partial charge in [-0.1, -0.05) is 31.2 Å². The molecule has 1 amide bonds. The van der Waals surface area contributed by atoms with E-state index in [0.29, 0.717) is 19.0 Å². The average molecular weight is 502 g/mol. The molecule has 0 aliphatic heterocycles. The first kappa shape index (κ1) is 26.2. The summed E-state index contributed by atoms with van der Waals surface area (Å²) in [7, 11) is 3.46. The van der Waals surface area contributed by atoms with E-state index in [1.807, 2.05) is 26.0 Å². The number of nitrogens with one attached hydrogen (secondary N) is 2. The molecule has 1 unspecified atom stereocenters. The van der Waals surface area contributed by atoms with E-state index in [4.69, 9.17) is 4.74 Å². The van der Waals surface area contributed by atoms with E-state index in [0.717, 1.165) is 28.9 Å². The monoisotopic (exact) mass is 502 g/mol. The van der Waals surface area contributed by atoms with Crippen LogP contribution in [0.5, 0.6) is 5.75 Å². The van der Waals surface area contributed by atoms with Crippen LogP contribution in [0.25, 0.3) is 0 Å². The molecule has 0 radical (unpaired) electrons. The lowest BCUT2D eigenvalue weighted by Gasteiger charge is -2.17. The van der Waals surface area contributed by atoms with Crippen LogP contribution in [-0.2, 0) is 11.3 Å². The molecule has 6 nitrogen and oxygen atoms in total. The van der Waals surface area contributed by atoms with Gasteiger partial charge in [0.15, 0.2) is 5.96 Å². The van der Waals surface area contributed by atoms with Crippen LogP contribution in [0.1, 0.15) is 38.3 Å². The Morgan fingerprint density at radius 2 is 1.93 bits per heavy atom. The molecule has 0 fully saturated rings. The maximum absolute atomic E-state index is 11.8. The molecule has 0 saturated heterocycles. The molecule has 0 bridgehead atoms. The largest absolute Gasteiger partial charge is 0.490 e. The Morgan fingerprint density at radius 1 is 1.29 bits per heavy atom. The van der Waals surface area contributed by atoms with Crippen LogP contribution in [0.15, 0.2) is 35.3 Å². The molecule has 0 heterocycles. The van der Waals surface area contributed by atoms with Crippen molar-refractivity contribution in [2.24, 2.45) is 4.99 Å². The van der Waals surface area contributed by atoms with E-state index >= 15 is 0 Å². The van der Waals surface area contributed by atoms with Crippen molar-refractivity contribution < 1.29 is 9.53 Å². The van der Waals surface area contributed by atoms with Gasteiger partial charge in [-0.3, -0.25) is 4.79 Å². The third-order valence-electron chi connectivity index (χ3n) is 4.00. The Labute approximate surface area is 186 Å². The average Bonchev–Trinajstić information content (AvgIpc) is 2.61. The zero-order chi connectivity index (χ0) is 20.4. The van der Waals surface area contributed by atoms with E-state index in [1.165, 1.54) is 0 Å². The standard InChI is InChI=1S/C21H34N4O2.HI/c1-8-17(5)27-19-11-16(4)9-10-18(19)13-23-21(22-12-15(2)3)24-14-20(26)25(6)7;/h9-11,17H,2,8,12-14H2,1,3-7H3,(H2,22,23,24);1H. The van der Waals surface area contributed by atoms with Crippen molar-refractivity contribution in [2.75, 3.05) is 27.2 Å². The van der Waals surface area contributed by atoms with Gasteiger partial charge < -0.3 is 20.3 Å². The van der Waals surface area contributed by atoms with Crippen LogP contribution >= 0.6 is 24.0 Å². The lowest BCUT2D eigenvalue weighted by atomic mass is 10.1. The van der Waals surface area contributed by atoms with Crippen LogP contribution < -0.4 is 15.4 Å².